The summed E-state index contributed by atoms with van der Waals surface area (Å²) < 4.78 is 0. The number of pyridine rings is 1. The van der Waals surface area contributed by atoms with E-state index in [0.717, 1.165) is 29.7 Å². The minimum absolute atomic E-state index is 0. The highest BCUT2D eigenvalue weighted by Crippen LogP contribution is 2.25. The summed E-state index contributed by atoms with van der Waals surface area (Å²) >= 11 is 6.09. The maximum absolute atomic E-state index is 6.09. The predicted molar refractivity (Wildman–Crippen MR) is 135 cm³/mol. The zero-order chi connectivity index (χ0) is 19.6. The Hall–Kier alpha value is -2.04. The summed E-state index contributed by atoms with van der Waals surface area (Å²) in [6.45, 7) is 6.04. The third kappa shape index (κ3) is 5.77. The number of hydrogen-bond acceptors (Lipinski definition) is 3. The van der Waals surface area contributed by atoms with Crippen LogP contribution in [0.5, 0.6) is 0 Å². The molecule has 0 saturated carbocycles. The lowest BCUT2D eigenvalue weighted by molar-refractivity contribution is 0.407. The van der Waals surface area contributed by atoms with E-state index < -0.39 is 0 Å². The fourth-order valence-corrected chi connectivity index (χ4v) is 3.51. The largest absolute Gasteiger partial charge is 0.383 e. The van der Waals surface area contributed by atoms with Crippen LogP contribution in [0, 0.1) is 0 Å². The summed E-state index contributed by atoms with van der Waals surface area (Å²) in [7, 11) is 0. The van der Waals surface area contributed by atoms with Crippen molar-refractivity contribution >= 4 is 63.8 Å². The molecule has 6 heteroatoms. The van der Waals surface area contributed by atoms with Crippen molar-refractivity contribution in [3.8, 4) is 0 Å². The van der Waals surface area contributed by atoms with Crippen LogP contribution in [0.2, 0.25) is 5.02 Å². The Balaban J connectivity index is 0.00000160. The summed E-state index contributed by atoms with van der Waals surface area (Å²) in [5, 5.41) is 11.6. The van der Waals surface area contributed by atoms with E-state index >= 15 is 0 Å². The van der Waals surface area contributed by atoms with Crippen molar-refractivity contribution in [1.82, 2.24) is 10.3 Å². The van der Waals surface area contributed by atoms with Crippen molar-refractivity contribution in [2.24, 2.45) is 0 Å². The van der Waals surface area contributed by atoms with Crippen molar-refractivity contribution in [2.45, 2.75) is 25.9 Å². The molecule has 3 aromatic carbocycles. The maximum atomic E-state index is 6.09. The van der Waals surface area contributed by atoms with Gasteiger partial charge in [0.15, 0.2) is 0 Å². The van der Waals surface area contributed by atoms with Gasteiger partial charge in [-0.25, -0.2) is 0 Å². The Labute approximate surface area is 195 Å². The molecule has 0 spiro atoms. The molecule has 30 heavy (non-hydrogen) atoms. The van der Waals surface area contributed by atoms with Gasteiger partial charge in [0.1, 0.15) is 0 Å². The fraction of sp³-hybridized carbons (Fsp3) is 0.208. The van der Waals surface area contributed by atoms with Gasteiger partial charge in [-0.15, -0.1) is 24.8 Å². The van der Waals surface area contributed by atoms with Crippen molar-refractivity contribution in [3.05, 3.63) is 83.5 Å². The third-order valence-corrected chi connectivity index (χ3v) is 5.25. The SMILES string of the molecule is CC(C)(CNc1ccnc2cc(Cl)ccc12)NCc1ccc2ccccc2c1.Cl.Cl. The van der Waals surface area contributed by atoms with Gasteiger partial charge >= 0.3 is 0 Å². The van der Waals surface area contributed by atoms with E-state index in [0.29, 0.717) is 5.02 Å². The van der Waals surface area contributed by atoms with E-state index in [1.165, 1.54) is 16.3 Å². The first-order valence-corrected chi connectivity index (χ1v) is 9.89. The smallest absolute Gasteiger partial charge is 0.0737 e. The molecule has 0 atom stereocenters. The minimum atomic E-state index is -0.0757. The molecule has 4 aromatic rings. The van der Waals surface area contributed by atoms with Crippen molar-refractivity contribution in [1.29, 1.82) is 0 Å². The summed E-state index contributed by atoms with van der Waals surface area (Å²) in [5.74, 6) is 0. The van der Waals surface area contributed by atoms with Crippen LogP contribution in [0.1, 0.15) is 19.4 Å². The number of nitrogens with one attached hydrogen (secondary N) is 2. The Bertz CT molecular complexity index is 1130. The fourth-order valence-electron chi connectivity index (χ4n) is 3.34. The number of aromatic nitrogens is 1. The molecular weight excluding hydrogens is 437 g/mol. The van der Waals surface area contributed by atoms with Crippen LogP contribution in [0.15, 0.2) is 72.9 Å². The molecule has 2 N–H and O–H groups in total. The molecule has 0 aliphatic heterocycles. The van der Waals surface area contributed by atoms with Gasteiger partial charge in [-0.05, 0) is 60.5 Å². The number of benzene rings is 3. The van der Waals surface area contributed by atoms with Crippen LogP contribution >= 0.6 is 36.4 Å². The van der Waals surface area contributed by atoms with E-state index in [9.17, 15) is 0 Å². The minimum Gasteiger partial charge on any atom is -0.383 e. The van der Waals surface area contributed by atoms with E-state index in [4.69, 9.17) is 11.6 Å². The molecule has 0 radical (unpaired) electrons. The molecule has 1 heterocycles. The summed E-state index contributed by atoms with van der Waals surface area (Å²) in [6.07, 6.45) is 1.82. The van der Waals surface area contributed by atoms with Gasteiger partial charge < -0.3 is 10.6 Å². The van der Waals surface area contributed by atoms with E-state index in [1.807, 2.05) is 30.5 Å². The predicted octanol–water partition coefficient (Wildman–Crippen LogP) is 6.87. The number of nitrogens with zero attached hydrogens (tertiary/aromatic N) is 1. The molecule has 0 amide bonds. The zero-order valence-electron chi connectivity index (χ0n) is 17.0. The van der Waals surface area contributed by atoms with Crippen molar-refractivity contribution in [2.75, 3.05) is 11.9 Å². The van der Waals surface area contributed by atoms with Crippen LogP contribution < -0.4 is 10.6 Å². The molecule has 4 rings (SSSR count). The van der Waals surface area contributed by atoms with Gasteiger partial charge in [-0.1, -0.05) is 48.0 Å². The van der Waals surface area contributed by atoms with E-state index in [2.05, 4.69) is 71.9 Å². The van der Waals surface area contributed by atoms with Crippen molar-refractivity contribution < 1.29 is 0 Å². The first-order chi connectivity index (χ1) is 13.5. The van der Waals surface area contributed by atoms with Crippen LogP contribution in [-0.4, -0.2) is 17.1 Å². The second-order valence-corrected chi connectivity index (χ2v) is 8.23. The number of hydrogen-bond donors (Lipinski definition) is 2. The standard InChI is InChI=1S/C24H24ClN3.2ClH/c1-24(2,28-15-17-7-8-18-5-3-4-6-19(18)13-17)16-27-22-11-12-26-23-14-20(25)9-10-21(22)23;;/h3-14,28H,15-16H2,1-2H3,(H,26,27);2*1H. The number of anilines is 1. The monoisotopic (exact) mass is 461 g/mol. The van der Waals surface area contributed by atoms with Crippen LogP contribution in [0.25, 0.3) is 21.7 Å². The summed E-state index contributed by atoms with van der Waals surface area (Å²) in [6, 6.07) is 22.9. The number of rotatable bonds is 6. The average Bonchev–Trinajstić information content (AvgIpc) is 2.70. The normalized spacial score (nSPS) is 11.0. The molecule has 0 bridgehead atoms. The highest BCUT2D eigenvalue weighted by molar-refractivity contribution is 6.31. The molecular formula is C24H26Cl3N3. The molecule has 0 saturated heterocycles. The van der Waals surface area contributed by atoms with Crippen LogP contribution in [0.4, 0.5) is 5.69 Å². The van der Waals surface area contributed by atoms with Crippen LogP contribution in [-0.2, 0) is 6.54 Å². The van der Waals surface area contributed by atoms with E-state index in [-0.39, 0.29) is 30.4 Å². The van der Waals surface area contributed by atoms with Gasteiger partial charge in [-0.2, -0.15) is 0 Å². The molecule has 0 fully saturated rings. The lowest BCUT2D eigenvalue weighted by Gasteiger charge is -2.28. The zero-order valence-corrected chi connectivity index (χ0v) is 19.4. The summed E-state index contributed by atoms with van der Waals surface area (Å²) in [4.78, 5) is 4.41. The molecule has 0 aliphatic rings. The Morgan fingerprint density at radius 2 is 1.67 bits per heavy atom. The Morgan fingerprint density at radius 1 is 0.900 bits per heavy atom. The first kappa shape index (κ1) is 24.2. The molecule has 0 unspecified atom stereocenters. The molecule has 3 nitrogen and oxygen atoms in total. The Morgan fingerprint density at radius 3 is 2.47 bits per heavy atom. The summed E-state index contributed by atoms with van der Waals surface area (Å²) in [5.41, 5.74) is 3.19. The number of halogens is 3. The molecule has 158 valence electrons. The average molecular weight is 463 g/mol. The third-order valence-electron chi connectivity index (χ3n) is 5.01. The quantitative estimate of drug-likeness (QED) is 0.328. The van der Waals surface area contributed by atoms with Crippen molar-refractivity contribution in [3.63, 3.8) is 0 Å². The molecule has 1 aromatic heterocycles. The Kier molecular flexibility index (Phi) is 8.34. The lowest BCUT2D eigenvalue weighted by Crippen LogP contribution is -2.44. The maximum Gasteiger partial charge on any atom is 0.0737 e. The van der Waals surface area contributed by atoms with Crippen LogP contribution in [0.3, 0.4) is 0 Å². The van der Waals surface area contributed by atoms with Gasteiger partial charge in [0, 0.05) is 40.9 Å². The van der Waals surface area contributed by atoms with Gasteiger partial charge in [0.2, 0.25) is 0 Å². The molecule has 0 aliphatic carbocycles. The topological polar surface area (TPSA) is 37.0 Å². The lowest BCUT2D eigenvalue weighted by atomic mass is 10.0. The highest BCUT2D eigenvalue weighted by atomic mass is 35.5. The second kappa shape index (κ2) is 10.3. The van der Waals surface area contributed by atoms with Gasteiger partial charge in [-0.3, -0.25) is 4.98 Å². The highest BCUT2D eigenvalue weighted by Gasteiger charge is 2.17. The van der Waals surface area contributed by atoms with Gasteiger partial charge in [0.25, 0.3) is 0 Å². The second-order valence-electron chi connectivity index (χ2n) is 7.79. The first-order valence-electron chi connectivity index (χ1n) is 9.51. The van der Waals surface area contributed by atoms with Gasteiger partial charge in [0.05, 0.1) is 5.52 Å². The van der Waals surface area contributed by atoms with E-state index in [1.54, 1.807) is 0 Å². The number of fused-ring (bicyclic) bond motifs is 2.